The quantitative estimate of drug-likeness (QED) is 0.723. The number of pyridine rings is 1. The van der Waals surface area contributed by atoms with Crippen molar-refractivity contribution in [3.63, 3.8) is 0 Å². The fourth-order valence-electron chi connectivity index (χ4n) is 2.42. The number of nitrogens with zero attached hydrogens (tertiary/aromatic N) is 3. The molecule has 0 atom stereocenters. The first-order valence-corrected chi connectivity index (χ1v) is 8.57. The van der Waals surface area contributed by atoms with Gasteiger partial charge in [-0.1, -0.05) is 18.2 Å². The minimum absolute atomic E-state index is 0.122. The summed E-state index contributed by atoms with van der Waals surface area (Å²) in [7, 11) is 0. The third kappa shape index (κ3) is 3.71. The van der Waals surface area contributed by atoms with E-state index < -0.39 is 0 Å². The third-order valence-corrected chi connectivity index (χ3v) is 4.53. The maximum atomic E-state index is 9.10. The summed E-state index contributed by atoms with van der Waals surface area (Å²) in [5, 5.41) is 20.5. The molecule has 0 amide bonds. The van der Waals surface area contributed by atoms with Gasteiger partial charge in [0.1, 0.15) is 11.5 Å². The number of rotatable bonds is 4. The number of aliphatic imine (C=N–C) groups is 1. The number of nitriles is 1. The monoisotopic (exact) mass is 406 g/mol. The summed E-state index contributed by atoms with van der Waals surface area (Å²) >= 11 is 3.53. The molecule has 0 spiro atoms. The van der Waals surface area contributed by atoms with Gasteiger partial charge in [-0.3, -0.25) is 10.4 Å². The van der Waals surface area contributed by atoms with E-state index in [-0.39, 0.29) is 11.5 Å². The SMILES string of the molecule is N#Cc1cccc(C2=C(Br)/C(=C/NCc3ccccn3)C(=N)C(N)=N2)c1. The molecule has 1 aromatic carbocycles. The Morgan fingerprint density at radius 1 is 1.27 bits per heavy atom. The van der Waals surface area contributed by atoms with Gasteiger partial charge in [-0.25, -0.2) is 4.99 Å². The predicted molar refractivity (Wildman–Crippen MR) is 106 cm³/mol. The van der Waals surface area contributed by atoms with E-state index in [0.717, 1.165) is 11.3 Å². The van der Waals surface area contributed by atoms with E-state index >= 15 is 0 Å². The Hall–Kier alpha value is -3.24. The van der Waals surface area contributed by atoms with Crippen molar-refractivity contribution in [2.75, 3.05) is 0 Å². The lowest BCUT2D eigenvalue weighted by Gasteiger charge is -2.18. The van der Waals surface area contributed by atoms with E-state index in [0.29, 0.717) is 27.9 Å². The number of amidine groups is 1. The van der Waals surface area contributed by atoms with Gasteiger partial charge < -0.3 is 11.1 Å². The van der Waals surface area contributed by atoms with E-state index in [1.165, 1.54) is 0 Å². The number of aromatic nitrogens is 1. The molecule has 26 heavy (non-hydrogen) atoms. The highest BCUT2D eigenvalue weighted by Gasteiger charge is 2.23. The Balaban J connectivity index is 1.93. The van der Waals surface area contributed by atoms with Crippen LogP contribution in [0.2, 0.25) is 0 Å². The molecule has 2 heterocycles. The highest BCUT2D eigenvalue weighted by Crippen LogP contribution is 2.33. The van der Waals surface area contributed by atoms with Gasteiger partial charge in [0.05, 0.1) is 34.1 Å². The first kappa shape index (κ1) is 17.6. The van der Waals surface area contributed by atoms with Crippen LogP contribution in [0, 0.1) is 16.7 Å². The summed E-state index contributed by atoms with van der Waals surface area (Å²) in [6, 6.07) is 14.9. The van der Waals surface area contributed by atoms with Gasteiger partial charge >= 0.3 is 0 Å². The van der Waals surface area contributed by atoms with Crippen molar-refractivity contribution in [2.24, 2.45) is 10.7 Å². The normalized spacial score (nSPS) is 15.6. The van der Waals surface area contributed by atoms with Crippen molar-refractivity contribution in [1.82, 2.24) is 10.3 Å². The zero-order valence-electron chi connectivity index (χ0n) is 13.7. The lowest BCUT2D eigenvalue weighted by molar-refractivity contribution is 0.833. The minimum atomic E-state index is 0.122. The zero-order valence-corrected chi connectivity index (χ0v) is 15.3. The molecule has 0 radical (unpaired) electrons. The molecule has 0 unspecified atom stereocenters. The van der Waals surface area contributed by atoms with Crippen LogP contribution >= 0.6 is 15.9 Å². The van der Waals surface area contributed by atoms with Gasteiger partial charge in [0, 0.05) is 23.5 Å². The van der Waals surface area contributed by atoms with E-state index in [1.54, 1.807) is 30.6 Å². The molecule has 0 saturated heterocycles. The molecule has 1 aromatic heterocycles. The van der Waals surface area contributed by atoms with Crippen LogP contribution in [0.1, 0.15) is 16.8 Å². The first-order chi connectivity index (χ1) is 12.6. The van der Waals surface area contributed by atoms with Gasteiger partial charge in [-0.2, -0.15) is 5.26 Å². The van der Waals surface area contributed by atoms with E-state index in [1.807, 2.05) is 24.3 Å². The second-order valence-electron chi connectivity index (χ2n) is 5.49. The Labute approximate surface area is 159 Å². The van der Waals surface area contributed by atoms with E-state index in [9.17, 15) is 0 Å². The molecular formula is C19H15BrN6. The summed E-state index contributed by atoms with van der Waals surface area (Å²) in [6.07, 6.45) is 3.45. The fraction of sp³-hybridized carbons (Fsp3) is 0.0526. The van der Waals surface area contributed by atoms with Crippen molar-refractivity contribution < 1.29 is 0 Å². The minimum Gasteiger partial charge on any atom is -0.385 e. The van der Waals surface area contributed by atoms with Gasteiger partial charge in [0.2, 0.25) is 0 Å². The zero-order chi connectivity index (χ0) is 18.5. The molecule has 0 aliphatic carbocycles. The number of benzene rings is 1. The largest absolute Gasteiger partial charge is 0.385 e. The van der Waals surface area contributed by atoms with Crippen molar-refractivity contribution in [3.05, 3.63) is 81.7 Å². The van der Waals surface area contributed by atoms with Crippen molar-refractivity contribution >= 4 is 33.2 Å². The average molecular weight is 407 g/mol. The summed E-state index contributed by atoms with van der Waals surface area (Å²) in [4.78, 5) is 8.57. The molecule has 4 N–H and O–H groups in total. The molecule has 7 heteroatoms. The summed E-state index contributed by atoms with van der Waals surface area (Å²) < 4.78 is 0.639. The van der Waals surface area contributed by atoms with Crippen LogP contribution in [0.25, 0.3) is 5.70 Å². The molecule has 0 fully saturated rings. The first-order valence-electron chi connectivity index (χ1n) is 7.77. The van der Waals surface area contributed by atoms with Crippen molar-refractivity contribution in [1.29, 1.82) is 10.7 Å². The van der Waals surface area contributed by atoms with E-state index in [4.69, 9.17) is 16.4 Å². The second kappa shape index (κ2) is 7.76. The van der Waals surface area contributed by atoms with Gasteiger partial charge in [-0.15, -0.1) is 0 Å². The Morgan fingerprint density at radius 3 is 2.85 bits per heavy atom. The molecule has 6 nitrogen and oxygen atoms in total. The lowest BCUT2D eigenvalue weighted by Crippen LogP contribution is -2.29. The van der Waals surface area contributed by atoms with Crippen LogP contribution < -0.4 is 11.1 Å². The molecule has 2 aromatic rings. The van der Waals surface area contributed by atoms with Crippen LogP contribution in [-0.2, 0) is 6.54 Å². The second-order valence-corrected chi connectivity index (χ2v) is 6.28. The smallest absolute Gasteiger partial charge is 0.150 e. The summed E-state index contributed by atoms with van der Waals surface area (Å²) in [6.45, 7) is 0.522. The Kier molecular flexibility index (Phi) is 5.25. The van der Waals surface area contributed by atoms with Gasteiger partial charge in [0.15, 0.2) is 0 Å². The number of nitrogens with one attached hydrogen (secondary N) is 2. The predicted octanol–water partition coefficient (Wildman–Crippen LogP) is 3.08. The highest BCUT2D eigenvalue weighted by atomic mass is 79.9. The average Bonchev–Trinajstić information content (AvgIpc) is 2.68. The molecule has 128 valence electrons. The maximum absolute atomic E-state index is 9.10. The van der Waals surface area contributed by atoms with Gasteiger partial charge in [0.25, 0.3) is 0 Å². The maximum Gasteiger partial charge on any atom is 0.150 e. The number of hydrogen-bond acceptors (Lipinski definition) is 6. The van der Waals surface area contributed by atoms with Gasteiger partial charge in [-0.05, 0) is 40.2 Å². The fourth-order valence-corrected chi connectivity index (χ4v) is 3.05. The van der Waals surface area contributed by atoms with Crippen molar-refractivity contribution in [2.45, 2.75) is 6.54 Å². The summed E-state index contributed by atoms with van der Waals surface area (Å²) in [5.74, 6) is 0.122. The van der Waals surface area contributed by atoms with Crippen LogP contribution in [0.5, 0.6) is 0 Å². The Bertz CT molecular complexity index is 983. The van der Waals surface area contributed by atoms with Crippen LogP contribution in [0.15, 0.2) is 69.9 Å². The molecule has 0 bridgehead atoms. The van der Waals surface area contributed by atoms with Crippen molar-refractivity contribution in [3.8, 4) is 6.07 Å². The van der Waals surface area contributed by atoms with Crippen LogP contribution in [-0.4, -0.2) is 16.5 Å². The Morgan fingerprint density at radius 2 is 2.12 bits per heavy atom. The van der Waals surface area contributed by atoms with Crippen LogP contribution in [0.3, 0.4) is 0 Å². The standard InChI is InChI=1S/C19H15BrN6/c20-16-15(11-24-10-14-6-1-2-7-25-14)17(22)19(23)26-18(16)13-5-3-4-12(8-13)9-21/h1-8,11,22,24H,10H2,(H2,23,26)/b15-11-,22-17?. The lowest BCUT2D eigenvalue weighted by atomic mass is 10.0. The number of hydrogen-bond donors (Lipinski definition) is 3. The molecular weight excluding hydrogens is 392 g/mol. The topological polar surface area (TPSA) is 111 Å². The highest BCUT2D eigenvalue weighted by molar-refractivity contribution is 9.12. The number of nitrogens with two attached hydrogens (primary N) is 1. The molecule has 1 aliphatic heterocycles. The third-order valence-electron chi connectivity index (χ3n) is 3.72. The molecule has 1 aliphatic rings. The van der Waals surface area contributed by atoms with E-state index in [2.05, 4.69) is 37.3 Å². The molecule has 3 rings (SSSR count). The number of allylic oxidation sites excluding steroid dienone is 1. The van der Waals surface area contributed by atoms with Crippen LogP contribution in [0.4, 0.5) is 0 Å². The number of halogens is 1. The molecule has 0 saturated carbocycles. The summed E-state index contributed by atoms with van der Waals surface area (Å²) in [5.41, 5.74) is 9.41.